The van der Waals surface area contributed by atoms with E-state index in [0.717, 1.165) is 36.4 Å². The number of benzene rings is 5. The first kappa shape index (κ1) is 31.8. The Bertz CT molecular complexity index is 1860. The molecule has 0 fully saturated rings. The molecule has 0 bridgehead atoms. The normalized spacial score (nSPS) is 11.6. The van der Waals surface area contributed by atoms with E-state index in [4.69, 9.17) is 18.9 Å². The third-order valence-electron chi connectivity index (χ3n) is 6.81. The first-order chi connectivity index (χ1) is 21.8. The number of esters is 2. The molecule has 6 nitrogen and oxygen atoms in total. The van der Waals surface area contributed by atoms with Crippen LogP contribution in [0.5, 0.6) is 23.0 Å². The number of ether oxygens (including phenoxy) is 4. The third kappa shape index (κ3) is 6.56. The van der Waals surface area contributed by atoms with Gasteiger partial charge in [0.05, 0.1) is 11.1 Å². The fourth-order valence-corrected chi connectivity index (χ4v) is 4.58. The maximum atomic E-state index is 15.5. The lowest BCUT2D eigenvalue weighted by Gasteiger charge is -2.22. The van der Waals surface area contributed by atoms with Crippen LogP contribution in [0.4, 0.5) is 17.6 Å². The predicted molar refractivity (Wildman–Crippen MR) is 164 cm³/mol. The fraction of sp³-hybridized carbons (Fsp3) is 0.111. The van der Waals surface area contributed by atoms with Crippen molar-refractivity contribution in [2.75, 3.05) is 0 Å². The Labute approximate surface area is 261 Å². The molecule has 0 aromatic heterocycles. The lowest BCUT2D eigenvalue weighted by Crippen LogP contribution is -2.23. The number of alkyl halides is 4. The van der Waals surface area contributed by atoms with Crippen LogP contribution in [0.2, 0.25) is 0 Å². The lowest BCUT2D eigenvalue weighted by atomic mass is 10.0. The van der Waals surface area contributed by atoms with E-state index in [1.54, 1.807) is 24.3 Å². The first-order valence-corrected chi connectivity index (χ1v) is 13.8. The van der Waals surface area contributed by atoms with E-state index in [0.29, 0.717) is 0 Å². The molecule has 0 heterocycles. The van der Waals surface area contributed by atoms with Crippen molar-refractivity contribution in [1.29, 1.82) is 0 Å². The second kappa shape index (κ2) is 12.4. The van der Waals surface area contributed by atoms with Crippen molar-refractivity contribution in [3.05, 3.63) is 132 Å². The van der Waals surface area contributed by atoms with Gasteiger partial charge in [0.2, 0.25) is 0 Å². The van der Waals surface area contributed by atoms with Crippen LogP contribution in [0.3, 0.4) is 0 Å². The van der Waals surface area contributed by atoms with Crippen molar-refractivity contribution >= 4 is 33.5 Å². The minimum Gasteiger partial charge on any atom is -0.429 e. The Hall–Kier alpha value is -5.64. The van der Waals surface area contributed by atoms with Crippen LogP contribution in [0.1, 0.15) is 25.0 Å². The molecule has 5 aromatic rings. The van der Waals surface area contributed by atoms with Crippen LogP contribution in [0, 0.1) is 0 Å². The number of rotatable bonds is 10. The molecule has 0 aliphatic rings. The van der Waals surface area contributed by atoms with Gasteiger partial charge in [0.1, 0.15) is 23.0 Å². The monoisotopic (exact) mass is 630 g/mol. The average Bonchev–Trinajstić information content (AvgIpc) is 3.01. The van der Waals surface area contributed by atoms with Crippen LogP contribution < -0.4 is 18.9 Å². The Morgan fingerprint density at radius 2 is 0.848 bits per heavy atom. The summed E-state index contributed by atoms with van der Waals surface area (Å²) in [6.45, 7) is 9.97. The highest BCUT2D eigenvalue weighted by atomic mass is 19.3. The number of carbonyl (C=O) groups excluding carboxylic acids is 2. The number of hydrogen-bond acceptors (Lipinski definition) is 6. The molecule has 0 atom stereocenters. The molecule has 0 aliphatic heterocycles. The van der Waals surface area contributed by atoms with Crippen molar-refractivity contribution in [2.24, 2.45) is 0 Å². The van der Waals surface area contributed by atoms with Crippen molar-refractivity contribution < 1.29 is 46.1 Å². The summed E-state index contributed by atoms with van der Waals surface area (Å²) in [5, 5.41) is 0.648. The summed E-state index contributed by atoms with van der Waals surface area (Å²) in [5.41, 5.74) is -0.733. The maximum absolute atomic E-state index is 15.5. The van der Waals surface area contributed by atoms with E-state index < -0.39 is 35.3 Å². The van der Waals surface area contributed by atoms with Crippen LogP contribution in [0.15, 0.2) is 121 Å². The second-order valence-corrected chi connectivity index (χ2v) is 10.4. The molecule has 0 aliphatic carbocycles. The van der Waals surface area contributed by atoms with Gasteiger partial charge < -0.3 is 18.9 Å². The van der Waals surface area contributed by atoms with Crippen LogP contribution in [-0.4, -0.2) is 11.9 Å². The number of fused-ring (bicyclic) bond motifs is 2. The van der Waals surface area contributed by atoms with Gasteiger partial charge in [-0.05, 0) is 73.2 Å². The van der Waals surface area contributed by atoms with E-state index in [9.17, 15) is 9.59 Å². The van der Waals surface area contributed by atoms with E-state index in [1.165, 1.54) is 50.2 Å². The van der Waals surface area contributed by atoms with Crippen LogP contribution in [0.25, 0.3) is 21.5 Å². The maximum Gasteiger partial charge on any atom is 0.427 e. The van der Waals surface area contributed by atoms with Gasteiger partial charge in [0.25, 0.3) is 0 Å². The number of carbonyl (C=O) groups is 2. The van der Waals surface area contributed by atoms with E-state index in [1.807, 2.05) is 0 Å². The van der Waals surface area contributed by atoms with Crippen molar-refractivity contribution in [1.82, 2.24) is 0 Å². The lowest BCUT2D eigenvalue weighted by molar-refractivity contribution is -0.186. The zero-order chi connectivity index (χ0) is 33.2. The van der Waals surface area contributed by atoms with Crippen molar-refractivity contribution in [3.8, 4) is 23.0 Å². The zero-order valence-electron chi connectivity index (χ0n) is 24.6. The molecule has 234 valence electrons. The van der Waals surface area contributed by atoms with Crippen molar-refractivity contribution in [3.63, 3.8) is 0 Å². The summed E-state index contributed by atoms with van der Waals surface area (Å²) in [4.78, 5) is 24.1. The van der Waals surface area contributed by atoms with Gasteiger partial charge in [-0.2, -0.15) is 17.6 Å². The summed E-state index contributed by atoms with van der Waals surface area (Å²) in [6.07, 6.45) is -7.73. The Balaban J connectivity index is 1.37. The quantitative estimate of drug-likeness (QED) is 0.0663. The molecule has 0 amide bonds. The molecular weight excluding hydrogens is 604 g/mol. The third-order valence-corrected chi connectivity index (χ3v) is 6.81. The van der Waals surface area contributed by atoms with Crippen LogP contribution >= 0.6 is 0 Å². The fourth-order valence-electron chi connectivity index (χ4n) is 4.58. The molecule has 0 saturated heterocycles. The summed E-state index contributed by atoms with van der Waals surface area (Å²) in [6, 6.07) is 21.1. The van der Waals surface area contributed by atoms with Gasteiger partial charge in [-0.15, -0.1) is 0 Å². The van der Waals surface area contributed by atoms with E-state index in [2.05, 4.69) is 13.2 Å². The van der Waals surface area contributed by atoms with Gasteiger partial charge in [0.15, 0.2) is 0 Å². The topological polar surface area (TPSA) is 71.1 Å². The van der Waals surface area contributed by atoms with Crippen molar-refractivity contribution in [2.45, 2.75) is 26.1 Å². The van der Waals surface area contributed by atoms with Gasteiger partial charge in [0, 0.05) is 21.9 Å². The van der Waals surface area contributed by atoms with Gasteiger partial charge in [-0.3, -0.25) is 0 Å². The van der Waals surface area contributed by atoms with Gasteiger partial charge >= 0.3 is 24.2 Å². The first-order valence-electron chi connectivity index (χ1n) is 13.8. The molecule has 0 radical (unpaired) electrons. The number of halogens is 4. The highest BCUT2D eigenvalue weighted by Crippen LogP contribution is 2.41. The molecule has 0 unspecified atom stereocenters. The molecule has 46 heavy (non-hydrogen) atoms. The standard InChI is InChI=1S/C36H26F4O6/c1-21(2)33(41)43-31-19-17-29(25-9-5-7-11-27(25)31)35(37,38)45-23-13-15-24(16-14-23)46-36(39,40)30-18-20-32(44-34(42)22(3)4)28-12-8-6-10-26(28)30/h5-20H,1,3H2,2,4H3. The smallest absolute Gasteiger partial charge is 0.427 e. The molecule has 10 heteroatoms. The number of hydrogen-bond donors (Lipinski definition) is 0. The average molecular weight is 631 g/mol. The molecular formula is C36H26F4O6. The Morgan fingerprint density at radius 1 is 0.522 bits per heavy atom. The predicted octanol–water partition coefficient (Wildman–Crippen LogP) is 9.21. The summed E-state index contributed by atoms with van der Waals surface area (Å²) >= 11 is 0. The highest BCUT2D eigenvalue weighted by Gasteiger charge is 2.38. The Morgan fingerprint density at radius 3 is 1.17 bits per heavy atom. The van der Waals surface area contributed by atoms with Gasteiger partial charge in [-0.25, -0.2) is 9.59 Å². The summed E-state index contributed by atoms with van der Waals surface area (Å²) < 4.78 is 82.4. The SMILES string of the molecule is C=C(C)C(=O)Oc1ccc(C(F)(F)Oc2ccc(OC(F)(F)c3ccc(OC(=O)C(=C)C)c4ccccc34)cc2)c2ccccc12. The van der Waals surface area contributed by atoms with E-state index in [-0.39, 0.29) is 55.7 Å². The minimum atomic E-state index is -3.86. The van der Waals surface area contributed by atoms with Crippen LogP contribution in [-0.2, 0) is 21.8 Å². The highest BCUT2D eigenvalue weighted by molar-refractivity contribution is 5.97. The second-order valence-electron chi connectivity index (χ2n) is 10.4. The molecule has 0 saturated carbocycles. The molecule has 0 spiro atoms. The minimum absolute atomic E-state index is 0.0703. The summed E-state index contributed by atoms with van der Waals surface area (Å²) in [5.74, 6) is -1.92. The Kier molecular flexibility index (Phi) is 8.56. The molecule has 0 N–H and O–H groups in total. The molecule has 5 aromatic carbocycles. The molecule has 5 rings (SSSR count). The largest absolute Gasteiger partial charge is 0.429 e. The summed E-state index contributed by atoms with van der Waals surface area (Å²) in [7, 11) is 0. The zero-order valence-corrected chi connectivity index (χ0v) is 24.6. The van der Waals surface area contributed by atoms with Gasteiger partial charge in [-0.1, -0.05) is 61.7 Å². The van der Waals surface area contributed by atoms with E-state index >= 15 is 17.6 Å².